The van der Waals surface area contributed by atoms with E-state index in [0.717, 1.165) is 37.2 Å². The van der Waals surface area contributed by atoms with E-state index in [4.69, 9.17) is 0 Å². The van der Waals surface area contributed by atoms with Gasteiger partial charge in [-0.05, 0) is 49.5 Å². The van der Waals surface area contributed by atoms with Gasteiger partial charge in [0.1, 0.15) is 0 Å². The fraction of sp³-hybridized carbons (Fsp3) is 0.846. The molecule has 0 aromatic heterocycles. The smallest absolute Gasteiger partial charge is 0.0851 e. The van der Waals surface area contributed by atoms with Crippen LogP contribution in [0.4, 0.5) is 0 Å². The standard InChI is InChI=1S/C13H24O/c1-10(2)13(14)8-6-11(7-9-13)12(3,4)5/h11,14H,1,6-9H2,2-5H3. The Balaban J connectivity index is 2.59. The second-order valence-corrected chi connectivity index (χ2v) is 5.95. The first-order valence-corrected chi connectivity index (χ1v) is 5.64. The molecule has 1 saturated carbocycles. The molecule has 1 rings (SSSR count). The highest BCUT2D eigenvalue weighted by molar-refractivity contribution is 5.11. The molecule has 1 N–H and O–H groups in total. The predicted octanol–water partition coefficient (Wildman–Crippen LogP) is 3.53. The minimum atomic E-state index is -0.568. The molecule has 0 aromatic carbocycles. The molecule has 0 heterocycles. The van der Waals surface area contributed by atoms with Gasteiger partial charge >= 0.3 is 0 Å². The number of aliphatic hydroxyl groups is 1. The van der Waals surface area contributed by atoms with Crippen molar-refractivity contribution in [2.45, 2.75) is 59.0 Å². The quantitative estimate of drug-likeness (QED) is 0.636. The summed E-state index contributed by atoms with van der Waals surface area (Å²) in [6.45, 7) is 12.7. The Hall–Kier alpha value is -0.300. The van der Waals surface area contributed by atoms with Crippen molar-refractivity contribution < 1.29 is 5.11 Å². The third kappa shape index (κ3) is 2.38. The molecule has 0 atom stereocenters. The van der Waals surface area contributed by atoms with Gasteiger partial charge in [-0.25, -0.2) is 0 Å². The zero-order chi connectivity index (χ0) is 11.0. The van der Waals surface area contributed by atoms with Crippen molar-refractivity contribution in [2.75, 3.05) is 0 Å². The summed E-state index contributed by atoms with van der Waals surface area (Å²) >= 11 is 0. The minimum Gasteiger partial charge on any atom is -0.386 e. The molecule has 1 aliphatic rings. The van der Waals surface area contributed by atoms with E-state index in [1.165, 1.54) is 0 Å². The summed E-state index contributed by atoms with van der Waals surface area (Å²) in [6, 6.07) is 0. The maximum atomic E-state index is 10.2. The molecule has 82 valence electrons. The van der Waals surface area contributed by atoms with Gasteiger partial charge in [-0.15, -0.1) is 0 Å². The maximum absolute atomic E-state index is 10.2. The molecule has 14 heavy (non-hydrogen) atoms. The summed E-state index contributed by atoms with van der Waals surface area (Å²) in [5, 5.41) is 10.2. The first-order valence-electron chi connectivity index (χ1n) is 5.64. The van der Waals surface area contributed by atoms with Crippen LogP contribution in [0.25, 0.3) is 0 Å². The molecule has 1 nitrogen and oxygen atoms in total. The summed E-state index contributed by atoms with van der Waals surface area (Å²) in [5.74, 6) is 0.752. The van der Waals surface area contributed by atoms with E-state index in [-0.39, 0.29) is 0 Å². The van der Waals surface area contributed by atoms with Gasteiger partial charge in [0.25, 0.3) is 0 Å². The van der Waals surface area contributed by atoms with Gasteiger partial charge in [0.15, 0.2) is 0 Å². The van der Waals surface area contributed by atoms with E-state index in [1.54, 1.807) is 0 Å². The fourth-order valence-electron chi connectivity index (χ4n) is 2.39. The van der Waals surface area contributed by atoms with E-state index in [9.17, 15) is 5.11 Å². The van der Waals surface area contributed by atoms with Crippen LogP contribution in [0.5, 0.6) is 0 Å². The Bertz CT molecular complexity index is 214. The van der Waals surface area contributed by atoms with Gasteiger partial charge in [-0.1, -0.05) is 27.4 Å². The van der Waals surface area contributed by atoms with E-state index in [2.05, 4.69) is 27.4 Å². The van der Waals surface area contributed by atoms with Gasteiger partial charge in [-0.3, -0.25) is 0 Å². The van der Waals surface area contributed by atoms with Crippen LogP contribution in [-0.2, 0) is 0 Å². The molecule has 0 bridgehead atoms. The van der Waals surface area contributed by atoms with E-state index in [0.29, 0.717) is 5.41 Å². The normalized spacial score (nSPS) is 34.2. The van der Waals surface area contributed by atoms with Crippen LogP contribution in [0.1, 0.15) is 53.4 Å². The molecule has 0 radical (unpaired) electrons. The zero-order valence-corrected chi connectivity index (χ0v) is 10.1. The summed E-state index contributed by atoms with van der Waals surface area (Å²) < 4.78 is 0. The Labute approximate surface area is 88.2 Å². The monoisotopic (exact) mass is 196 g/mol. The van der Waals surface area contributed by atoms with Crippen LogP contribution in [-0.4, -0.2) is 10.7 Å². The summed E-state index contributed by atoms with van der Waals surface area (Å²) in [6.07, 6.45) is 4.05. The van der Waals surface area contributed by atoms with Crippen LogP contribution >= 0.6 is 0 Å². The van der Waals surface area contributed by atoms with Crippen molar-refractivity contribution in [1.82, 2.24) is 0 Å². The predicted molar refractivity (Wildman–Crippen MR) is 61.2 cm³/mol. The highest BCUT2D eigenvalue weighted by Gasteiger charge is 2.37. The first-order chi connectivity index (χ1) is 6.26. The van der Waals surface area contributed by atoms with Crippen LogP contribution < -0.4 is 0 Å². The zero-order valence-electron chi connectivity index (χ0n) is 10.1. The molecule has 0 saturated heterocycles. The molecule has 0 amide bonds. The van der Waals surface area contributed by atoms with Crippen molar-refractivity contribution >= 4 is 0 Å². The number of rotatable bonds is 1. The Morgan fingerprint density at radius 2 is 1.71 bits per heavy atom. The lowest BCUT2D eigenvalue weighted by molar-refractivity contribution is 0.00481. The van der Waals surface area contributed by atoms with E-state index >= 15 is 0 Å². The lowest BCUT2D eigenvalue weighted by Crippen LogP contribution is -2.38. The van der Waals surface area contributed by atoms with Crippen molar-refractivity contribution in [3.05, 3.63) is 12.2 Å². The second-order valence-electron chi connectivity index (χ2n) is 5.95. The molecule has 1 fully saturated rings. The number of hydrogen-bond donors (Lipinski definition) is 1. The largest absolute Gasteiger partial charge is 0.386 e. The topological polar surface area (TPSA) is 20.2 Å². The highest BCUT2D eigenvalue weighted by Crippen LogP contribution is 2.43. The average molecular weight is 196 g/mol. The molecule has 1 heteroatoms. The third-order valence-corrected chi connectivity index (χ3v) is 3.83. The summed E-state index contributed by atoms with van der Waals surface area (Å²) in [7, 11) is 0. The molecular weight excluding hydrogens is 172 g/mol. The lowest BCUT2D eigenvalue weighted by Gasteiger charge is -2.41. The lowest BCUT2D eigenvalue weighted by atomic mass is 9.67. The molecular formula is C13H24O. The highest BCUT2D eigenvalue weighted by atomic mass is 16.3. The van der Waals surface area contributed by atoms with Gasteiger partial charge < -0.3 is 5.11 Å². The molecule has 0 aromatic rings. The molecule has 0 unspecified atom stereocenters. The van der Waals surface area contributed by atoms with E-state index < -0.39 is 5.60 Å². The molecule has 0 aliphatic heterocycles. The van der Waals surface area contributed by atoms with Crippen LogP contribution in [0.2, 0.25) is 0 Å². The maximum Gasteiger partial charge on any atom is 0.0851 e. The Kier molecular flexibility index (Phi) is 3.10. The average Bonchev–Trinajstić information content (AvgIpc) is 2.03. The summed E-state index contributed by atoms with van der Waals surface area (Å²) in [4.78, 5) is 0. The number of hydrogen-bond acceptors (Lipinski definition) is 1. The van der Waals surface area contributed by atoms with Gasteiger partial charge in [0.2, 0.25) is 0 Å². The summed E-state index contributed by atoms with van der Waals surface area (Å²) in [5.41, 5.74) is 0.753. The van der Waals surface area contributed by atoms with Crippen molar-refractivity contribution in [1.29, 1.82) is 0 Å². The van der Waals surface area contributed by atoms with Gasteiger partial charge in [-0.2, -0.15) is 0 Å². The van der Waals surface area contributed by atoms with E-state index in [1.807, 2.05) is 6.92 Å². The van der Waals surface area contributed by atoms with Crippen LogP contribution in [0.15, 0.2) is 12.2 Å². The Morgan fingerprint density at radius 3 is 2.00 bits per heavy atom. The van der Waals surface area contributed by atoms with Crippen molar-refractivity contribution in [3.8, 4) is 0 Å². The first kappa shape index (κ1) is 11.8. The van der Waals surface area contributed by atoms with Gasteiger partial charge in [0.05, 0.1) is 5.60 Å². The molecule has 1 aliphatic carbocycles. The Morgan fingerprint density at radius 1 is 1.29 bits per heavy atom. The fourth-order valence-corrected chi connectivity index (χ4v) is 2.39. The van der Waals surface area contributed by atoms with Crippen LogP contribution in [0, 0.1) is 11.3 Å². The van der Waals surface area contributed by atoms with Gasteiger partial charge in [0, 0.05) is 0 Å². The van der Waals surface area contributed by atoms with Crippen molar-refractivity contribution in [3.63, 3.8) is 0 Å². The molecule has 0 spiro atoms. The SMILES string of the molecule is C=C(C)C1(O)CCC(C(C)(C)C)CC1. The van der Waals surface area contributed by atoms with Crippen LogP contribution in [0.3, 0.4) is 0 Å². The third-order valence-electron chi connectivity index (χ3n) is 3.83. The second kappa shape index (κ2) is 3.69. The minimum absolute atomic E-state index is 0.385. The van der Waals surface area contributed by atoms with Crippen molar-refractivity contribution in [2.24, 2.45) is 11.3 Å².